The van der Waals surface area contributed by atoms with Crippen molar-refractivity contribution in [3.05, 3.63) is 39.4 Å². The van der Waals surface area contributed by atoms with Gasteiger partial charge in [-0.25, -0.2) is 13.2 Å². The normalized spacial score (nSPS) is 12.5. The lowest BCUT2D eigenvalue weighted by Crippen LogP contribution is -2.39. The second kappa shape index (κ2) is 6.73. The van der Waals surface area contributed by atoms with Crippen molar-refractivity contribution >= 4 is 27.4 Å². The van der Waals surface area contributed by atoms with Crippen LogP contribution in [0.1, 0.15) is 27.6 Å². The number of amides is 1. The van der Waals surface area contributed by atoms with E-state index in [9.17, 15) is 28.1 Å². The van der Waals surface area contributed by atoms with E-state index in [1.807, 2.05) is 0 Å². The first-order chi connectivity index (χ1) is 10.4. The number of non-ortho nitro benzene ring substituents is 1. The summed E-state index contributed by atoms with van der Waals surface area (Å²) < 4.78 is 22.6. The van der Waals surface area contributed by atoms with Gasteiger partial charge in [0, 0.05) is 37.0 Å². The summed E-state index contributed by atoms with van der Waals surface area (Å²) in [5.74, 6) is -2.39. The summed E-state index contributed by atoms with van der Waals surface area (Å²) in [6.07, 6.45) is 1.03. The van der Waals surface area contributed by atoms with E-state index < -0.39 is 43.9 Å². The maximum atomic E-state index is 12.3. The Labute approximate surface area is 132 Å². The molecule has 126 valence electrons. The Kier molecular flexibility index (Phi) is 5.43. The number of carbonyl (C=O) groups is 2. The molecule has 10 heteroatoms. The molecule has 0 aromatic heterocycles. The van der Waals surface area contributed by atoms with Gasteiger partial charge < -0.3 is 10.0 Å². The second-order valence-electron chi connectivity index (χ2n) is 5.19. The number of rotatable bonds is 6. The highest BCUT2D eigenvalue weighted by molar-refractivity contribution is 7.90. The summed E-state index contributed by atoms with van der Waals surface area (Å²) in [6, 6.07) is 2.14. The third kappa shape index (κ3) is 5.02. The van der Waals surface area contributed by atoms with Gasteiger partial charge in [-0.15, -0.1) is 0 Å². The fourth-order valence-corrected chi connectivity index (χ4v) is 3.02. The van der Waals surface area contributed by atoms with E-state index in [4.69, 9.17) is 5.11 Å². The van der Waals surface area contributed by atoms with Crippen molar-refractivity contribution < 1.29 is 28.0 Å². The topological polar surface area (TPSA) is 135 Å². The molecule has 23 heavy (non-hydrogen) atoms. The van der Waals surface area contributed by atoms with E-state index in [-0.39, 0.29) is 11.3 Å². The Morgan fingerprint density at radius 3 is 2.26 bits per heavy atom. The number of aromatic carboxylic acids is 1. The van der Waals surface area contributed by atoms with Gasteiger partial charge in [0.25, 0.3) is 11.6 Å². The third-order valence-electron chi connectivity index (χ3n) is 3.15. The Morgan fingerprint density at radius 1 is 1.30 bits per heavy atom. The Balaban J connectivity index is 3.21. The average molecular weight is 344 g/mol. The molecule has 9 nitrogen and oxygen atoms in total. The minimum absolute atomic E-state index is 0.195. The van der Waals surface area contributed by atoms with Gasteiger partial charge in [0.2, 0.25) is 0 Å². The van der Waals surface area contributed by atoms with Gasteiger partial charge in [-0.05, 0) is 13.0 Å². The lowest BCUT2D eigenvalue weighted by molar-refractivity contribution is -0.384. The van der Waals surface area contributed by atoms with Gasteiger partial charge in [0.1, 0.15) is 9.84 Å². The number of carbonyl (C=O) groups excluding carboxylic acids is 1. The fourth-order valence-electron chi connectivity index (χ4n) is 1.92. The SMILES string of the molecule is CC(CS(C)(=O)=O)N(C)C(=O)c1cc(C(=O)O)cc([N+](=O)[O-])c1. The molecule has 1 unspecified atom stereocenters. The molecule has 0 heterocycles. The van der Waals surface area contributed by atoms with E-state index in [1.54, 1.807) is 0 Å². The summed E-state index contributed by atoms with van der Waals surface area (Å²) in [7, 11) is -1.98. The van der Waals surface area contributed by atoms with Crippen LogP contribution in [0.15, 0.2) is 18.2 Å². The van der Waals surface area contributed by atoms with Crippen molar-refractivity contribution in [2.45, 2.75) is 13.0 Å². The van der Waals surface area contributed by atoms with Crippen molar-refractivity contribution in [1.82, 2.24) is 4.90 Å². The highest BCUT2D eigenvalue weighted by Crippen LogP contribution is 2.19. The molecule has 1 aromatic rings. The molecule has 0 aliphatic carbocycles. The molecule has 1 N–H and O–H groups in total. The van der Waals surface area contributed by atoms with Gasteiger partial charge in [-0.1, -0.05) is 0 Å². The molecule has 0 bridgehead atoms. The minimum atomic E-state index is -3.32. The predicted octanol–water partition coefficient (Wildman–Crippen LogP) is 0.798. The van der Waals surface area contributed by atoms with E-state index in [1.165, 1.54) is 14.0 Å². The number of carboxylic acid groups (broad SMARTS) is 1. The van der Waals surface area contributed by atoms with Crippen LogP contribution in [0, 0.1) is 10.1 Å². The van der Waals surface area contributed by atoms with Gasteiger partial charge in [0.15, 0.2) is 0 Å². The Bertz CT molecular complexity index is 725. The van der Waals surface area contributed by atoms with Crippen molar-refractivity contribution in [2.24, 2.45) is 0 Å². The van der Waals surface area contributed by atoms with E-state index in [2.05, 4.69) is 0 Å². The van der Waals surface area contributed by atoms with Crippen LogP contribution >= 0.6 is 0 Å². The standard InChI is InChI=1S/C13H16N2O7S/c1-8(7-23(3,21)22)14(2)12(16)9-4-10(13(17)18)6-11(5-9)15(19)20/h4-6,8H,7H2,1-3H3,(H,17,18). The molecule has 0 saturated carbocycles. The summed E-state index contributed by atoms with van der Waals surface area (Å²) in [4.78, 5) is 34.5. The quantitative estimate of drug-likeness (QED) is 0.595. The van der Waals surface area contributed by atoms with E-state index in [0.717, 1.165) is 29.4 Å². The molecule has 0 saturated heterocycles. The van der Waals surface area contributed by atoms with Gasteiger partial charge >= 0.3 is 5.97 Å². The number of hydrogen-bond acceptors (Lipinski definition) is 6. The summed E-state index contributed by atoms with van der Waals surface area (Å²) in [6.45, 7) is 1.51. The van der Waals surface area contributed by atoms with Crippen LogP contribution in [0.3, 0.4) is 0 Å². The molecule has 0 aliphatic heterocycles. The minimum Gasteiger partial charge on any atom is -0.478 e. The van der Waals surface area contributed by atoms with Crippen molar-refractivity contribution in [3.63, 3.8) is 0 Å². The average Bonchev–Trinajstić information content (AvgIpc) is 2.43. The smallest absolute Gasteiger partial charge is 0.335 e. The Hall–Kier alpha value is -2.49. The van der Waals surface area contributed by atoms with Crippen LogP contribution in [0.5, 0.6) is 0 Å². The number of nitro groups is 1. The Morgan fingerprint density at radius 2 is 1.83 bits per heavy atom. The fraction of sp³-hybridized carbons (Fsp3) is 0.385. The zero-order chi connectivity index (χ0) is 17.9. The first-order valence-corrected chi connectivity index (χ1v) is 8.46. The molecular formula is C13H16N2O7S. The van der Waals surface area contributed by atoms with Crippen LogP contribution < -0.4 is 0 Å². The maximum absolute atomic E-state index is 12.3. The zero-order valence-corrected chi connectivity index (χ0v) is 13.5. The second-order valence-corrected chi connectivity index (χ2v) is 7.37. The number of sulfone groups is 1. The highest BCUT2D eigenvalue weighted by Gasteiger charge is 2.24. The monoisotopic (exact) mass is 344 g/mol. The van der Waals surface area contributed by atoms with E-state index in [0.29, 0.717) is 0 Å². The van der Waals surface area contributed by atoms with Crippen molar-refractivity contribution in [1.29, 1.82) is 0 Å². The highest BCUT2D eigenvalue weighted by atomic mass is 32.2. The lowest BCUT2D eigenvalue weighted by Gasteiger charge is -2.24. The largest absolute Gasteiger partial charge is 0.478 e. The molecule has 0 radical (unpaired) electrons. The van der Waals surface area contributed by atoms with Crippen LogP contribution in [-0.2, 0) is 9.84 Å². The lowest BCUT2D eigenvalue weighted by atomic mass is 10.1. The molecule has 0 spiro atoms. The predicted molar refractivity (Wildman–Crippen MR) is 81.3 cm³/mol. The molecule has 0 aliphatic rings. The number of hydrogen-bond donors (Lipinski definition) is 1. The van der Waals surface area contributed by atoms with Crippen molar-refractivity contribution in [2.75, 3.05) is 19.1 Å². The van der Waals surface area contributed by atoms with Crippen LogP contribution in [0.4, 0.5) is 5.69 Å². The first kappa shape index (κ1) is 18.6. The molecule has 1 amide bonds. The van der Waals surface area contributed by atoms with Crippen LogP contribution in [-0.4, -0.2) is 60.3 Å². The molecule has 1 rings (SSSR count). The van der Waals surface area contributed by atoms with E-state index >= 15 is 0 Å². The molecular weight excluding hydrogens is 328 g/mol. The van der Waals surface area contributed by atoms with Gasteiger partial charge in [-0.3, -0.25) is 14.9 Å². The van der Waals surface area contributed by atoms with Crippen LogP contribution in [0.25, 0.3) is 0 Å². The molecule has 0 fully saturated rings. The number of nitro benzene ring substituents is 1. The molecule has 1 atom stereocenters. The number of carboxylic acids is 1. The van der Waals surface area contributed by atoms with Gasteiger partial charge in [-0.2, -0.15) is 0 Å². The zero-order valence-electron chi connectivity index (χ0n) is 12.7. The molecule has 1 aromatic carbocycles. The maximum Gasteiger partial charge on any atom is 0.335 e. The van der Waals surface area contributed by atoms with Crippen molar-refractivity contribution in [3.8, 4) is 0 Å². The third-order valence-corrected chi connectivity index (χ3v) is 4.24. The number of benzene rings is 1. The first-order valence-electron chi connectivity index (χ1n) is 6.40. The number of nitrogens with zero attached hydrogens (tertiary/aromatic N) is 2. The summed E-state index contributed by atoms with van der Waals surface area (Å²) >= 11 is 0. The summed E-state index contributed by atoms with van der Waals surface area (Å²) in [5, 5.41) is 19.8. The summed E-state index contributed by atoms with van der Waals surface area (Å²) in [5.41, 5.74) is -1.12. The van der Waals surface area contributed by atoms with Crippen LogP contribution in [0.2, 0.25) is 0 Å². The van der Waals surface area contributed by atoms with Gasteiger partial charge in [0.05, 0.1) is 16.2 Å².